The first-order valence-electron chi connectivity index (χ1n) is 11.0. The largest absolute Gasteiger partial charge is 0.491 e. The number of ether oxygens (including phenoxy) is 3. The Labute approximate surface area is 187 Å². The fourth-order valence-electron chi connectivity index (χ4n) is 2.90. The van der Waals surface area contributed by atoms with E-state index in [1.54, 1.807) is 7.11 Å². The molecular weight excluding hydrogens is 390 g/mol. The third kappa shape index (κ3) is 10.3. The predicted molar refractivity (Wildman–Crippen MR) is 128 cm³/mol. The van der Waals surface area contributed by atoms with Gasteiger partial charge in [-0.15, -0.1) is 0 Å². The quantitative estimate of drug-likeness (QED) is 0.274. The second kappa shape index (κ2) is 14.4. The van der Waals surface area contributed by atoms with Crippen LogP contribution in [0.3, 0.4) is 0 Å². The molecule has 0 aliphatic rings. The Kier molecular flexibility index (Phi) is 11.5. The smallest absolute Gasteiger partial charge is 0.196 e. The van der Waals surface area contributed by atoms with E-state index < -0.39 is 0 Å². The minimum Gasteiger partial charge on any atom is -0.491 e. The number of methoxy groups -OCH3 is 1. The second-order valence-electron chi connectivity index (χ2n) is 7.65. The molecule has 0 atom stereocenters. The van der Waals surface area contributed by atoms with E-state index in [9.17, 15) is 0 Å². The Hall–Kier alpha value is -2.57. The summed E-state index contributed by atoms with van der Waals surface area (Å²) in [4.78, 5) is 4.79. The summed E-state index contributed by atoms with van der Waals surface area (Å²) in [5, 5.41) is 6.84. The van der Waals surface area contributed by atoms with Crippen LogP contribution in [0.5, 0.6) is 5.75 Å². The van der Waals surface area contributed by atoms with Crippen molar-refractivity contribution in [1.29, 1.82) is 0 Å². The Balaban J connectivity index is 1.92. The number of nitrogens with one attached hydrogen (secondary N) is 2. The zero-order valence-electron chi connectivity index (χ0n) is 19.3. The van der Waals surface area contributed by atoms with E-state index >= 15 is 0 Å². The highest BCUT2D eigenvalue weighted by atomic mass is 16.5. The van der Waals surface area contributed by atoms with Crippen LogP contribution in [-0.2, 0) is 16.0 Å². The van der Waals surface area contributed by atoms with E-state index in [1.165, 1.54) is 11.1 Å². The van der Waals surface area contributed by atoms with E-state index in [2.05, 4.69) is 41.8 Å². The third-order valence-electron chi connectivity index (χ3n) is 4.60. The maximum Gasteiger partial charge on any atom is 0.196 e. The SMILES string of the molecule is COCCOCCCCNC(=NCc1ccccc1C)Nc1ccc(OC(C)C)cc1. The van der Waals surface area contributed by atoms with Crippen molar-refractivity contribution < 1.29 is 14.2 Å². The number of guanidine groups is 1. The minimum atomic E-state index is 0.158. The van der Waals surface area contributed by atoms with Gasteiger partial charge in [0.25, 0.3) is 0 Å². The van der Waals surface area contributed by atoms with Crippen molar-refractivity contribution in [2.45, 2.75) is 46.3 Å². The molecule has 6 nitrogen and oxygen atoms in total. The molecule has 2 rings (SSSR count). The van der Waals surface area contributed by atoms with E-state index in [0.717, 1.165) is 43.4 Å². The topological polar surface area (TPSA) is 64.1 Å². The highest BCUT2D eigenvalue weighted by Gasteiger charge is 2.03. The first-order valence-corrected chi connectivity index (χ1v) is 11.0. The van der Waals surface area contributed by atoms with Crippen molar-refractivity contribution in [2.75, 3.05) is 38.8 Å². The molecule has 0 saturated carbocycles. The van der Waals surface area contributed by atoms with Crippen molar-refractivity contribution in [3.8, 4) is 5.75 Å². The Bertz CT molecular complexity index is 776. The van der Waals surface area contributed by atoms with E-state index in [-0.39, 0.29) is 6.10 Å². The molecule has 2 aromatic rings. The molecule has 0 amide bonds. The molecule has 2 aromatic carbocycles. The van der Waals surface area contributed by atoms with E-state index in [1.807, 2.05) is 38.1 Å². The average molecular weight is 428 g/mol. The number of hydrogen-bond donors (Lipinski definition) is 2. The summed E-state index contributed by atoms with van der Waals surface area (Å²) >= 11 is 0. The first kappa shape index (κ1) is 24.7. The maximum absolute atomic E-state index is 5.73. The molecule has 0 fully saturated rings. The van der Waals surface area contributed by atoms with Gasteiger partial charge < -0.3 is 24.8 Å². The molecule has 0 bridgehead atoms. The standard InChI is InChI=1S/C25H37N3O3/c1-20(2)31-24-13-11-23(12-14-24)28-25(26-15-7-8-16-30-18-17-29-4)27-19-22-10-6-5-9-21(22)3/h5-6,9-14,20H,7-8,15-19H2,1-4H3,(H2,26,27,28). The Morgan fingerprint density at radius 1 is 0.968 bits per heavy atom. The van der Waals surface area contributed by atoms with Crippen LogP contribution in [0.4, 0.5) is 5.69 Å². The number of unbranched alkanes of at least 4 members (excludes halogenated alkanes) is 1. The Morgan fingerprint density at radius 3 is 2.45 bits per heavy atom. The predicted octanol–water partition coefficient (Wildman–Crippen LogP) is 4.78. The van der Waals surface area contributed by atoms with Gasteiger partial charge in [0.05, 0.1) is 25.9 Å². The van der Waals surface area contributed by atoms with Crippen LogP contribution in [0, 0.1) is 6.92 Å². The number of rotatable bonds is 13. The zero-order valence-corrected chi connectivity index (χ0v) is 19.3. The van der Waals surface area contributed by atoms with Gasteiger partial charge in [-0.2, -0.15) is 0 Å². The van der Waals surface area contributed by atoms with Crippen LogP contribution in [0.15, 0.2) is 53.5 Å². The van der Waals surface area contributed by atoms with E-state index in [0.29, 0.717) is 19.8 Å². The molecule has 0 saturated heterocycles. The summed E-state index contributed by atoms with van der Waals surface area (Å²) in [6, 6.07) is 16.3. The van der Waals surface area contributed by atoms with Crippen molar-refractivity contribution >= 4 is 11.6 Å². The lowest BCUT2D eigenvalue weighted by Gasteiger charge is -2.14. The molecule has 2 N–H and O–H groups in total. The molecule has 0 aliphatic carbocycles. The van der Waals surface area contributed by atoms with Crippen molar-refractivity contribution in [2.24, 2.45) is 4.99 Å². The summed E-state index contributed by atoms with van der Waals surface area (Å²) in [7, 11) is 1.68. The number of hydrogen-bond acceptors (Lipinski definition) is 4. The van der Waals surface area contributed by atoms with Gasteiger partial charge in [-0.05, 0) is 69.0 Å². The van der Waals surface area contributed by atoms with Gasteiger partial charge in [0, 0.05) is 25.9 Å². The molecule has 0 heterocycles. The molecule has 0 spiro atoms. The summed E-state index contributed by atoms with van der Waals surface area (Å²) in [6.07, 6.45) is 2.15. The highest BCUT2D eigenvalue weighted by molar-refractivity contribution is 5.93. The summed E-state index contributed by atoms with van der Waals surface area (Å²) in [5.74, 6) is 1.63. The lowest BCUT2D eigenvalue weighted by molar-refractivity contribution is 0.0689. The monoisotopic (exact) mass is 427 g/mol. The number of anilines is 1. The maximum atomic E-state index is 5.73. The van der Waals surface area contributed by atoms with Gasteiger partial charge in [-0.25, -0.2) is 4.99 Å². The summed E-state index contributed by atoms with van der Waals surface area (Å²) in [5.41, 5.74) is 3.43. The van der Waals surface area contributed by atoms with Crippen LogP contribution in [0.1, 0.15) is 37.8 Å². The van der Waals surface area contributed by atoms with E-state index in [4.69, 9.17) is 19.2 Å². The molecule has 0 unspecified atom stereocenters. The highest BCUT2D eigenvalue weighted by Crippen LogP contribution is 2.17. The molecule has 0 aliphatic heterocycles. The van der Waals surface area contributed by atoms with Crippen LogP contribution in [0.25, 0.3) is 0 Å². The fraction of sp³-hybridized carbons (Fsp3) is 0.480. The first-order chi connectivity index (χ1) is 15.1. The molecule has 31 heavy (non-hydrogen) atoms. The van der Waals surface area contributed by atoms with Gasteiger partial charge in [0.2, 0.25) is 0 Å². The molecule has 170 valence electrons. The molecule has 0 aromatic heterocycles. The number of aryl methyl sites for hydroxylation is 1. The van der Waals surface area contributed by atoms with Crippen LogP contribution < -0.4 is 15.4 Å². The fourth-order valence-corrected chi connectivity index (χ4v) is 2.90. The number of benzene rings is 2. The molecular formula is C25H37N3O3. The van der Waals surface area contributed by atoms with Crippen LogP contribution in [0.2, 0.25) is 0 Å². The van der Waals surface area contributed by atoms with Gasteiger partial charge in [-0.3, -0.25) is 0 Å². The molecule has 6 heteroatoms. The minimum absolute atomic E-state index is 0.158. The van der Waals surface area contributed by atoms with Gasteiger partial charge in [-0.1, -0.05) is 24.3 Å². The molecule has 0 radical (unpaired) electrons. The third-order valence-corrected chi connectivity index (χ3v) is 4.60. The van der Waals surface area contributed by atoms with Crippen LogP contribution >= 0.6 is 0 Å². The summed E-state index contributed by atoms with van der Waals surface area (Å²) in [6.45, 7) is 9.63. The second-order valence-corrected chi connectivity index (χ2v) is 7.65. The normalized spacial score (nSPS) is 11.6. The average Bonchev–Trinajstić information content (AvgIpc) is 2.75. The van der Waals surface area contributed by atoms with Crippen molar-refractivity contribution in [3.63, 3.8) is 0 Å². The zero-order chi connectivity index (χ0) is 22.3. The van der Waals surface area contributed by atoms with Gasteiger partial charge in [0.1, 0.15) is 5.75 Å². The number of aliphatic imine (C=N–C) groups is 1. The van der Waals surface area contributed by atoms with Crippen molar-refractivity contribution in [3.05, 3.63) is 59.7 Å². The lowest BCUT2D eigenvalue weighted by Crippen LogP contribution is -2.32. The lowest BCUT2D eigenvalue weighted by atomic mass is 10.1. The summed E-state index contributed by atoms with van der Waals surface area (Å²) < 4.78 is 16.2. The number of nitrogens with zero attached hydrogens (tertiary/aromatic N) is 1. The van der Waals surface area contributed by atoms with Crippen molar-refractivity contribution in [1.82, 2.24) is 5.32 Å². The van der Waals surface area contributed by atoms with Crippen LogP contribution in [-0.4, -0.2) is 45.5 Å². The van der Waals surface area contributed by atoms with Gasteiger partial charge >= 0.3 is 0 Å². The van der Waals surface area contributed by atoms with Gasteiger partial charge in [0.15, 0.2) is 5.96 Å². The Morgan fingerprint density at radius 2 is 1.74 bits per heavy atom.